The van der Waals surface area contributed by atoms with Gasteiger partial charge in [-0.1, -0.05) is 65.7 Å². The first-order valence-electron chi connectivity index (χ1n) is 9.36. The van der Waals surface area contributed by atoms with Crippen LogP contribution in [0, 0.1) is 0 Å². The number of Topliss-reactive ketones (excluding diaryl/α,β-unsaturated/α-hetero) is 1. The number of allylic oxidation sites excluding steroid dienone is 3. The highest BCUT2D eigenvalue weighted by molar-refractivity contribution is 6.42. The fraction of sp³-hybridized carbons (Fsp3) is 0.217. The van der Waals surface area contributed by atoms with Gasteiger partial charge in [0.15, 0.2) is 5.78 Å². The molecule has 1 unspecified atom stereocenters. The molecule has 148 valence electrons. The van der Waals surface area contributed by atoms with E-state index in [1.54, 1.807) is 18.2 Å². The van der Waals surface area contributed by atoms with Gasteiger partial charge in [-0.15, -0.1) is 0 Å². The van der Waals surface area contributed by atoms with Crippen LogP contribution in [-0.2, 0) is 20.9 Å². The van der Waals surface area contributed by atoms with Crippen molar-refractivity contribution in [2.24, 2.45) is 0 Å². The number of carbonyl (C=O) groups is 2. The van der Waals surface area contributed by atoms with Crippen LogP contribution < -0.4 is 5.32 Å². The van der Waals surface area contributed by atoms with Gasteiger partial charge in [-0.05, 0) is 30.5 Å². The van der Waals surface area contributed by atoms with E-state index in [0.717, 1.165) is 11.3 Å². The smallest absolute Gasteiger partial charge is 0.337 e. The molecule has 0 bridgehead atoms. The van der Waals surface area contributed by atoms with Gasteiger partial charge in [0.25, 0.3) is 0 Å². The van der Waals surface area contributed by atoms with Crippen molar-refractivity contribution in [2.45, 2.75) is 32.3 Å². The summed E-state index contributed by atoms with van der Waals surface area (Å²) in [6.07, 6.45) is 1.03. The van der Waals surface area contributed by atoms with Crippen LogP contribution in [-0.4, -0.2) is 11.8 Å². The van der Waals surface area contributed by atoms with E-state index in [2.05, 4.69) is 5.32 Å². The van der Waals surface area contributed by atoms with Crippen molar-refractivity contribution in [3.63, 3.8) is 0 Å². The first kappa shape index (κ1) is 19.7. The van der Waals surface area contributed by atoms with Crippen molar-refractivity contribution in [3.8, 4) is 0 Å². The van der Waals surface area contributed by atoms with Crippen molar-refractivity contribution in [2.75, 3.05) is 0 Å². The number of ether oxygens (including phenoxy) is 1. The molecule has 29 heavy (non-hydrogen) atoms. The first-order valence-corrected chi connectivity index (χ1v) is 10.1. The van der Waals surface area contributed by atoms with Crippen LogP contribution in [0.3, 0.4) is 0 Å². The lowest BCUT2D eigenvalue weighted by molar-refractivity contribution is -0.140. The number of esters is 1. The Morgan fingerprint density at radius 3 is 2.62 bits per heavy atom. The zero-order chi connectivity index (χ0) is 20.5. The second kappa shape index (κ2) is 8.05. The molecule has 4 rings (SSSR count). The highest BCUT2D eigenvalue weighted by atomic mass is 35.5. The standard InChI is InChI=1S/C23H19Cl2NO3/c1-13-19(23(28)29-12-14-6-3-2-4-7-14)20(15-8-5-9-16(24)22(15)25)21-17(26-13)10-11-18(21)27/h2-9,20,26H,10-12H2,1H3. The summed E-state index contributed by atoms with van der Waals surface area (Å²) in [6.45, 7) is 1.96. The summed E-state index contributed by atoms with van der Waals surface area (Å²) in [5.74, 6) is -1.07. The molecular formula is C23H19Cl2NO3. The Morgan fingerprint density at radius 1 is 1.10 bits per heavy atom. The van der Waals surface area contributed by atoms with Gasteiger partial charge < -0.3 is 10.1 Å². The summed E-state index contributed by atoms with van der Waals surface area (Å²) in [5, 5.41) is 3.95. The Kier molecular flexibility index (Phi) is 5.48. The molecule has 1 N–H and O–H groups in total. The molecule has 0 saturated heterocycles. The number of nitrogens with one attached hydrogen (secondary N) is 1. The number of rotatable bonds is 4. The number of hydrogen-bond acceptors (Lipinski definition) is 4. The predicted molar refractivity (Wildman–Crippen MR) is 113 cm³/mol. The maximum atomic E-state index is 13.1. The lowest BCUT2D eigenvalue weighted by Gasteiger charge is -2.29. The molecule has 0 saturated carbocycles. The minimum absolute atomic E-state index is 0.00871. The molecule has 2 aliphatic rings. The number of dihydropyridines is 1. The number of ketones is 1. The van der Waals surface area contributed by atoms with Gasteiger partial charge in [0.2, 0.25) is 0 Å². The Labute approximate surface area is 179 Å². The maximum absolute atomic E-state index is 13.1. The quantitative estimate of drug-likeness (QED) is 0.671. The maximum Gasteiger partial charge on any atom is 0.337 e. The molecule has 1 aliphatic carbocycles. The molecule has 4 nitrogen and oxygen atoms in total. The highest BCUT2D eigenvalue weighted by Gasteiger charge is 2.41. The normalized spacial score (nSPS) is 18.6. The molecule has 1 heterocycles. The summed E-state index contributed by atoms with van der Waals surface area (Å²) in [6, 6.07) is 14.7. The summed E-state index contributed by atoms with van der Waals surface area (Å²) in [4.78, 5) is 25.8. The van der Waals surface area contributed by atoms with E-state index in [-0.39, 0.29) is 12.4 Å². The number of halogens is 2. The number of hydrogen-bond donors (Lipinski definition) is 1. The molecule has 1 atom stereocenters. The average molecular weight is 428 g/mol. The zero-order valence-electron chi connectivity index (χ0n) is 15.8. The third-order valence-corrected chi connectivity index (χ3v) is 6.11. The van der Waals surface area contributed by atoms with E-state index >= 15 is 0 Å². The van der Waals surface area contributed by atoms with Crippen LogP contribution in [0.2, 0.25) is 10.0 Å². The van der Waals surface area contributed by atoms with Crippen LogP contribution in [0.4, 0.5) is 0 Å². The summed E-state index contributed by atoms with van der Waals surface area (Å²) >= 11 is 12.7. The lowest BCUT2D eigenvalue weighted by Crippen LogP contribution is -2.30. The van der Waals surface area contributed by atoms with Gasteiger partial charge >= 0.3 is 5.97 Å². The molecular weight excluding hydrogens is 409 g/mol. The minimum atomic E-state index is -0.601. The van der Waals surface area contributed by atoms with Gasteiger partial charge in [0, 0.05) is 29.3 Å². The minimum Gasteiger partial charge on any atom is -0.457 e. The topological polar surface area (TPSA) is 55.4 Å². The fourth-order valence-corrected chi connectivity index (χ4v) is 4.34. The summed E-state index contributed by atoms with van der Waals surface area (Å²) in [7, 11) is 0. The van der Waals surface area contributed by atoms with E-state index < -0.39 is 11.9 Å². The highest BCUT2D eigenvalue weighted by Crippen LogP contribution is 2.46. The van der Waals surface area contributed by atoms with Crippen LogP contribution in [0.25, 0.3) is 0 Å². The Balaban J connectivity index is 1.74. The number of carbonyl (C=O) groups excluding carboxylic acids is 2. The third kappa shape index (κ3) is 3.70. The van der Waals surface area contributed by atoms with E-state index in [9.17, 15) is 9.59 Å². The second-order valence-corrected chi connectivity index (χ2v) is 7.90. The monoisotopic (exact) mass is 427 g/mol. The molecule has 0 aromatic heterocycles. The van der Waals surface area contributed by atoms with Gasteiger partial charge in [-0.2, -0.15) is 0 Å². The van der Waals surface area contributed by atoms with Gasteiger partial charge in [0.05, 0.1) is 15.6 Å². The predicted octanol–water partition coefficient (Wildman–Crippen LogP) is 5.31. The molecule has 0 amide bonds. The zero-order valence-corrected chi connectivity index (χ0v) is 17.3. The largest absolute Gasteiger partial charge is 0.457 e. The molecule has 0 fully saturated rings. The van der Waals surface area contributed by atoms with Crippen molar-refractivity contribution in [1.82, 2.24) is 5.32 Å². The molecule has 2 aromatic carbocycles. The van der Waals surface area contributed by atoms with Gasteiger partial charge in [0.1, 0.15) is 6.61 Å². The molecule has 2 aromatic rings. The molecule has 0 radical (unpaired) electrons. The van der Waals surface area contributed by atoms with Crippen LogP contribution in [0.15, 0.2) is 71.1 Å². The van der Waals surface area contributed by atoms with Crippen LogP contribution >= 0.6 is 23.2 Å². The Morgan fingerprint density at radius 2 is 1.86 bits per heavy atom. The van der Waals surface area contributed by atoms with E-state index in [1.165, 1.54) is 0 Å². The van der Waals surface area contributed by atoms with E-state index in [4.69, 9.17) is 27.9 Å². The molecule has 0 spiro atoms. The van der Waals surface area contributed by atoms with Crippen LogP contribution in [0.1, 0.15) is 36.8 Å². The van der Waals surface area contributed by atoms with Crippen LogP contribution in [0.5, 0.6) is 0 Å². The lowest BCUT2D eigenvalue weighted by atomic mass is 9.80. The SMILES string of the molecule is CC1=C(C(=O)OCc2ccccc2)C(c2cccc(Cl)c2Cl)C2=C(CCC2=O)N1. The van der Waals surface area contributed by atoms with E-state index in [1.807, 2.05) is 37.3 Å². The van der Waals surface area contributed by atoms with Gasteiger partial charge in [-0.3, -0.25) is 4.79 Å². The molecule has 6 heteroatoms. The van der Waals surface area contributed by atoms with E-state index in [0.29, 0.717) is 45.3 Å². The fourth-order valence-electron chi connectivity index (χ4n) is 3.92. The van der Waals surface area contributed by atoms with Crippen molar-refractivity contribution >= 4 is 35.0 Å². The average Bonchev–Trinajstić information content (AvgIpc) is 3.08. The van der Waals surface area contributed by atoms with Crippen molar-refractivity contribution in [3.05, 3.63) is 92.2 Å². The van der Waals surface area contributed by atoms with Gasteiger partial charge in [-0.25, -0.2) is 4.79 Å². The first-order chi connectivity index (χ1) is 14.0. The summed E-state index contributed by atoms with van der Waals surface area (Å²) < 4.78 is 5.60. The Hall–Kier alpha value is -2.56. The summed E-state index contributed by atoms with van der Waals surface area (Å²) in [5.41, 5.74) is 3.99. The third-order valence-electron chi connectivity index (χ3n) is 5.27. The molecule has 1 aliphatic heterocycles. The number of benzene rings is 2. The van der Waals surface area contributed by atoms with Crippen molar-refractivity contribution < 1.29 is 14.3 Å². The second-order valence-electron chi connectivity index (χ2n) is 7.12. The Bertz CT molecular complexity index is 1060. The van der Waals surface area contributed by atoms with Crippen molar-refractivity contribution in [1.29, 1.82) is 0 Å².